The van der Waals surface area contributed by atoms with Gasteiger partial charge in [0.2, 0.25) is 11.8 Å². The zero-order valence-electron chi connectivity index (χ0n) is 16.3. The minimum Gasteiger partial charge on any atom is -0.364 e. The lowest BCUT2D eigenvalue weighted by Gasteiger charge is -2.26. The standard InChI is InChI=1S/C20H31N3O3/c1-12(2)17-11-26-22-18(17)9-19(24)23(4)10-13(3)21-20(25)16-8-15(16)14-6-5-7-14/h11-16H,5-10H2,1-4H3,(H,21,25)/t13?,15-,16+/m0/s1. The third kappa shape index (κ3) is 4.27. The molecule has 0 spiro atoms. The number of nitrogens with zero attached hydrogens (tertiary/aromatic N) is 2. The molecule has 1 N–H and O–H groups in total. The average Bonchev–Trinajstić information content (AvgIpc) is 3.14. The smallest absolute Gasteiger partial charge is 0.228 e. The van der Waals surface area contributed by atoms with Gasteiger partial charge < -0.3 is 14.7 Å². The van der Waals surface area contributed by atoms with Crippen molar-refractivity contribution in [3.63, 3.8) is 0 Å². The maximum atomic E-state index is 12.5. The number of likely N-dealkylation sites (N-methyl/N-ethyl adjacent to an activating group) is 1. The fraction of sp³-hybridized carbons (Fsp3) is 0.750. The molecule has 6 nitrogen and oxygen atoms in total. The molecule has 6 heteroatoms. The fourth-order valence-electron chi connectivity index (χ4n) is 3.96. The molecule has 2 saturated carbocycles. The molecule has 1 aromatic rings. The predicted molar refractivity (Wildman–Crippen MR) is 98.5 cm³/mol. The van der Waals surface area contributed by atoms with Gasteiger partial charge >= 0.3 is 0 Å². The third-order valence-corrected chi connectivity index (χ3v) is 5.91. The SMILES string of the molecule is CC(CN(C)C(=O)Cc1nocc1C(C)C)NC(=O)[C@@H]1C[C@H]1C1CCC1. The number of carbonyl (C=O) groups is 2. The molecule has 0 bridgehead atoms. The van der Waals surface area contributed by atoms with Crippen LogP contribution in [0.1, 0.15) is 63.6 Å². The zero-order chi connectivity index (χ0) is 18.8. The van der Waals surface area contributed by atoms with Crippen LogP contribution in [-0.2, 0) is 16.0 Å². The summed E-state index contributed by atoms with van der Waals surface area (Å²) in [6.45, 7) is 6.56. The fourth-order valence-corrected chi connectivity index (χ4v) is 3.96. The van der Waals surface area contributed by atoms with E-state index in [0.717, 1.165) is 17.9 Å². The topological polar surface area (TPSA) is 75.4 Å². The van der Waals surface area contributed by atoms with Crippen molar-refractivity contribution in [2.75, 3.05) is 13.6 Å². The molecule has 1 heterocycles. The van der Waals surface area contributed by atoms with Gasteiger partial charge in [0.1, 0.15) is 6.26 Å². The van der Waals surface area contributed by atoms with E-state index in [1.165, 1.54) is 19.3 Å². The zero-order valence-corrected chi connectivity index (χ0v) is 16.3. The maximum Gasteiger partial charge on any atom is 0.228 e. The summed E-state index contributed by atoms with van der Waals surface area (Å²) in [5.41, 5.74) is 1.68. The Morgan fingerprint density at radius 3 is 2.69 bits per heavy atom. The van der Waals surface area contributed by atoms with E-state index in [1.807, 2.05) is 6.92 Å². The Labute approximate surface area is 155 Å². The van der Waals surface area contributed by atoms with Crippen molar-refractivity contribution in [2.24, 2.45) is 17.8 Å². The number of nitrogens with one attached hydrogen (secondary N) is 1. The molecule has 2 fully saturated rings. The Bertz CT molecular complexity index is 650. The summed E-state index contributed by atoms with van der Waals surface area (Å²) in [7, 11) is 1.77. The van der Waals surface area contributed by atoms with Crippen LogP contribution >= 0.6 is 0 Å². The molecule has 3 atom stereocenters. The van der Waals surface area contributed by atoms with Crippen LogP contribution in [0.2, 0.25) is 0 Å². The Balaban J connectivity index is 1.43. The maximum absolute atomic E-state index is 12.5. The molecule has 0 radical (unpaired) electrons. The largest absolute Gasteiger partial charge is 0.364 e. The number of hydrogen-bond acceptors (Lipinski definition) is 4. The highest BCUT2D eigenvalue weighted by Gasteiger charge is 2.49. The van der Waals surface area contributed by atoms with Gasteiger partial charge in [-0.05, 0) is 31.1 Å². The van der Waals surface area contributed by atoms with Crippen LogP contribution in [0.4, 0.5) is 0 Å². The van der Waals surface area contributed by atoms with Crippen molar-refractivity contribution >= 4 is 11.8 Å². The van der Waals surface area contributed by atoms with Crippen LogP contribution in [0.25, 0.3) is 0 Å². The second-order valence-electron chi connectivity index (χ2n) is 8.43. The lowest BCUT2D eigenvalue weighted by atomic mass is 9.81. The number of carbonyl (C=O) groups excluding carboxylic acids is 2. The lowest BCUT2D eigenvalue weighted by Crippen LogP contribution is -2.44. The first-order valence-electron chi connectivity index (χ1n) is 9.84. The van der Waals surface area contributed by atoms with Gasteiger partial charge in [0.25, 0.3) is 0 Å². The Hall–Kier alpha value is -1.85. The normalized spacial score (nSPS) is 23.4. The quantitative estimate of drug-likeness (QED) is 0.772. The van der Waals surface area contributed by atoms with E-state index >= 15 is 0 Å². The van der Waals surface area contributed by atoms with E-state index in [9.17, 15) is 9.59 Å². The van der Waals surface area contributed by atoms with E-state index in [-0.39, 0.29) is 36.1 Å². The van der Waals surface area contributed by atoms with Crippen molar-refractivity contribution in [3.8, 4) is 0 Å². The highest BCUT2D eigenvalue weighted by atomic mass is 16.5. The molecule has 144 valence electrons. The molecule has 1 unspecified atom stereocenters. The number of aromatic nitrogens is 1. The lowest BCUT2D eigenvalue weighted by molar-refractivity contribution is -0.130. The molecule has 0 saturated heterocycles. The summed E-state index contributed by atoms with van der Waals surface area (Å²) in [5, 5.41) is 7.05. The van der Waals surface area contributed by atoms with Crippen LogP contribution in [0.5, 0.6) is 0 Å². The minimum absolute atomic E-state index is 0.0133. The highest BCUT2D eigenvalue weighted by molar-refractivity contribution is 5.82. The predicted octanol–water partition coefficient (Wildman–Crippen LogP) is 2.74. The first kappa shape index (κ1) is 18.9. The van der Waals surface area contributed by atoms with E-state index in [2.05, 4.69) is 24.3 Å². The van der Waals surface area contributed by atoms with Gasteiger partial charge in [-0.2, -0.15) is 0 Å². The molecule has 1 aromatic heterocycles. The number of hydrogen-bond donors (Lipinski definition) is 1. The van der Waals surface area contributed by atoms with Gasteiger partial charge in [-0.25, -0.2) is 0 Å². The van der Waals surface area contributed by atoms with E-state index in [1.54, 1.807) is 18.2 Å². The van der Waals surface area contributed by atoms with Gasteiger partial charge in [-0.1, -0.05) is 38.3 Å². The van der Waals surface area contributed by atoms with Crippen LogP contribution in [0.15, 0.2) is 10.8 Å². The summed E-state index contributed by atoms with van der Waals surface area (Å²) in [4.78, 5) is 26.5. The highest BCUT2D eigenvalue weighted by Crippen LogP contribution is 2.51. The molecule has 0 aliphatic heterocycles. The van der Waals surface area contributed by atoms with E-state index in [0.29, 0.717) is 18.2 Å². The van der Waals surface area contributed by atoms with Gasteiger partial charge in [-0.3, -0.25) is 9.59 Å². The summed E-state index contributed by atoms with van der Waals surface area (Å²) < 4.78 is 5.02. The molecule has 3 rings (SSSR count). The first-order chi connectivity index (χ1) is 12.4. The number of amides is 2. The van der Waals surface area contributed by atoms with Crippen LogP contribution < -0.4 is 5.32 Å². The van der Waals surface area contributed by atoms with Gasteiger partial charge in [-0.15, -0.1) is 0 Å². The molecule has 26 heavy (non-hydrogen) atoms. The molecular weight excluding hydrogens is 330 g/mol. The molecular formula is C20H31N3O3. The van der Waals surface area contributed by atoms with Crippen molar-refractivity contribution in [1.29, 1.82) is 0 Å². The third-order valence-electron chi connectivity index (χ3n) is 5.91. The molecule has 2 aliphatic carbocycles. The van der Waals surface area contributed by atoms with Gasteiger partial charge in [0.05, 0.1) is 12.1 Å². The minimum atomic E-state index is -0.0547. The van der Waals surface area contributed by atoms with E-state index in [4.69, 9.17) is 4.52 Å². The van der Waals surface area contributed by atoms with Crippen LogP contribution in [0.3, 0.4) is 0 Å². The molecule has 2 aliphatic rings. The molecule has 2 amide bonds. The first-order valence-corrected chi connectivity index (χ1v) is 9.84. The van der Waals surface area contributed by atoms with Crippen molar-refractivity contribution in [3.05, 3.63) is 17.5 Å². The van der Waals surface area contributed by atoms with Crippen molar-refractivity contribution < 1.29 is 14.1 Å². The Morgan fingerprint density at radius 2 is 2.08 bits per heavy atom. The van der Waals surface area contributed by atoms with Crippen LogP contribution in [-0.4, -0.2) is 41.5 Å². The summed E-state index contributed by atoms with van der Waals surface area (Å²) in [5.74, 6) is 2.01. The molecule has 0 aromatic carbocycles. The summed E-state index contributed by atoms with van der Waals surface area (Å²) >= 11 is 0. The summed E-state index contributed by atoms with van der Waals surface area (Å²) in [6, 6.07) is -0.0547. The van der Waals surface area contributed by atoms with Gasteiger partial charge in [0.15, 0.2) is 0 Å². The van der Waals surface area contributed by atoms with Gasteiger partial charge in [0, 0.05) is 31.1 Å². The monoisotopic (exact) mass is 361 g/mol. The number of rotatable bonds is 8. The van der Waals surface area contributed by atoms with Crippen molar-refractivity contribution in [2.45, 2.75) is 64.8 Å². The Kier molecular flexibility index (Phi) is 5.68. The second-order valence-corrected chi connectivity index (χ2v) is 8.43. The second kappa shape index (κ2) is 7.80. The Morgan fingerprint density at radius 1 is 1.35 bits per heavy atom. The van der Waals surface area contributed by atoms with Crippen molar-refractivity contribution in [1.82, 2.24) is 15.4 Å². The van der Waals surface area contributed by atoms with E-state index < -0.39 is 0 Å². The summed E-state index contributed by atoms with van der Waals surface area (Å²) in [6.07, 6.45) is 6.80. The average molecular weight is 361 g/mol. The van der Waals surface area contributed by atoms with Crippen LogP contribution in [0, 0.1) is 17.8 Å².